The Kier molecular flexibility index (Phi) is 9.68. The summed E-state index contributed by atoms with van der Waals surface area (Å²) in [5.41, 5.74) is 2.96. The number of ether oxygens (including phenoxy) is 4. The van der Waals surface area contributed by atoms with E-state index < -0.39 is 18.2 Å². The second-order valence-electron chi connectivity index (χ2n) is 8.75. The van der Waals surface area contributed by atoms with E-state index in [1.165, 1.54) is 24.7 Å². The molecule has 0 fully saturated rings. The first-order valence-corrected chi connectivity index (χ1v) is 14.5. The van der Waals surface area contributed by atoms with E-state index in [0.29, 0.717) is 32.1 Å². The van der Waals surface area contributed by atoms with Gasteiger partial charge >= 0.3 is 18.2 Å². The molecule has 1 heterocycles. The Hall–Kier alpha value is -4.28. The van der Waals surface area contributed by atoms with Crippen molar-refractivity contribution in [1.29, 1.82) is 0 Å². The molecule has 0 aliphatic carbocycles. The largest absolute Gasteiger partial charge is 0.493 e. The van der Waals surface area contributed by atoms with E-state index in [-0.39, 0.29) is 16.4 Å². The molecule has 1 aromatic heterocycles. The van der Waals surface area contributed by atoms with Crippen molar-refractivity contribution in [2.45, 2.75) is 6.29 Å². The minimum Gasteiger partial charge on any atom is -0.493 e. The molecule has 0 bridgehead atoms. The Morgan fingerprint density at radius 2 is 1.47 bits per heavy atom. The molecule has 0 atom stereocenters. The Labute approximate surface area is 265 Å². The highest BCUT2D eigenvalue weighted by molar-refractivity contribution is 7.21. The predicted octanol–water partition coefficient (Wildman–Crippen LogP) is 8.02. The van der Waals surface area contributed by atoms with Crippen LogP contribution in [0.5, 0.6) is 23.0 Å². The van der Waals surface area contributed by atoms with Gasteiger partial charge in [0.1, 0.15) is 16.4 Å². The lowest BCUT2D eigenvalue weighted by molar-refractivity contribution is -0.140. The average Bonchev–Trinajstić information content (AvgIpc) is 3.36. The number of amides is 1. The van der Waals surface area contributed by atoms with Crippen LogP contribution < -0.4 is 24.4 Å². The fourth-order valence-corrected chi connectivity index (χ4v) is 5.40. The van der Waals surface area contributed by atoms with E-state index in [1.54, 1.807) is 66.7 Å². The quantitative estimate of drug-likeness (QED) is 0.0538. The summed E-state index contributed by atoms with van der Waals surface area (Å²) in [6, 6.07) is 25.1. The lowest BCUT2D eigenvalue weighted by Gasteiger charge is -2.19. The van der Waals surface area contributed by atoms with E-state index in [9.17, 15) is 9.59 Å². The van der Waals surface area contributed by atoms with Crippen LogP contribution in [0.4, 0.5) is 0 Å². The molecule has 1 amide bonds. The summed E-state index contributed by atoms with van der Waals surface area (Å²) >= 11 is 19.6. The zero-order valence-corrected chi connectivity index (χ0v) is 25.3. The Balaban J connectivity index is 1.27. The lowest BCUT2D eigenvalue weighted by atomic mass is 10.2. The second-order valence-corrected chi connectivity index (χ2v) is 11.1. The number of hydrogen-bond donors (Lipinski definition) is 1. The second kappa shape index (κ2) is 13.8. The van der Waals surface area contributed by atoms with Gasteiger partial charge in [0, 0.05) is 20.1 Å². The van der Waals surface area contributed by atoms with Gasteiger partial charge in [0.15, 0.2) is 11.5 Å². The van der Waals surface area contributed by atoms with E-state index in [1.807, 2.05) is 24.3 Å². The Morgan fingerprint density at radius 1 is 0.837 bits per heavy atom. The van der Waals surface area contributed by atoms with Crippen LogP contribution in [-0.4, -0.2) is 31.5 Å². The molecule has 5 rings (SSSR count). The minimum absolute atomic E-state index is 0.190. The molecular weight excluding hydrogens is 635 g/mol. The number of esters is 1. The van der Waals surface area contributed by atoms with Crippen LogP contribution >= 0.6 is 46.1 Å². The summed E-state index contributed by atoms with van der Waals surface area (Å²) < 4.78 is 23.4. The van der Waals surface area contributed by atoms with Crippen molar-refractivity contribution in [2.24, 2.45) is 5.10 Å². The summed E-state index contributed by atoms with van der Waals surface area (Å²) in [5.74, 6) is -0.112. The fourth-order valence-electron chi connectivity index (χ4n) is 3.77. The lowest BCUT2D eigenvalue weighted by Crippen LogP contribution is -2.40. The molecule has 8 nitrogen and oxygen atoms in total. The van der Waals surface area contributed by atoms with Crippen molar-refractivity contribution < 1.29 is 28.5 Å². The molecule has 0 spiro atoms. The topological polar surface area (TPSA) is 95.5 Å². The normalized spacial score (nSPS) is 11.1. The SMILES string of the molecule is COc1cc(C=NNC(=O)C(Oc2ccc(Cl)cc2)Oc2ccc(Cl)cc2)ccc1OC(=O)c1sc2ccccc2c1Cl. The van der Waals surface area contributed by atoms with Crippen molar-refractivity contribution in [1.82, 2.24) is 5.43 Å². The van der Waals surface area contributed by atoms with Crippen molar-refractivity contribution in [3.05, 3.63) is 117 Å². The monoisotopic (exact) mass is 654 g/mol. The third kappa shape index (κ3) is 7.57. The maximum Gasteiger partial charge on any atom is 0.355 e. The van der Waals surface area contributed by atoms with Gasteiger partial charge in [0.05, 0.1) is 18.3 Å². The van der Waals surface area contributed by atoms with Crippen molar-refractivity contribution in [2.75, 3.05) is 7.11 Å². The molecular formula is C31H21Cl3N2O6S. The number of nitrogens with zero attached hydrogens (tertiary/aromatic N) is 1. The summed E-state index contributed by atoms with van der Waals surface area (Å²) in [5, 5.41) is 6.15. The number of benzene rings is 4. The van der Waals surface area contributed by atoms with Crippen LogP contribution in [0.1, 0.15) is 15.2 Å². The van der Waals surface area contributed by atoms with Gasteiger partial charge in [-0.25, -0.2) is 10.2 Å². The van der Waals surface area contributed by atoms with Crippen molar-refractivity contribution in [3.63, 3.8) is 0 Å². The molecule has 0 aliphatic rings. The molecule has 0 saturated heterocycles. The molecule has 43 heavy (non-hydrogen) atoms. The van der Waals surface area contributed by atoms with Gasteiger partial charge in [0.2, 0.25) is 0 Å². The van der Waals surface area contributed by atoms with E-state index in [0.717, 1.165) is 10.1 Å². The molecule has 218 valence electrons. The van der Waals surface area contributed by atoms with Crippen LogP contribution in [0.3, 0.4) is 0 Å². The Bertz CT molecular complexity index is 1740. The molecule has 5 aromatic rings. The molecule has 0 aliphatic heterocycles. The van der Waals surface area contributed by atoms with Gasteiger partial charge in [-0.3, -0.25) is 4.79 Å². The predicted molar refractivity (Wildman–Crippen MR) is 168 cm³/mol. The van der Waals surface area contributed by atoms with Crippen LogP contribution in [0.15, 0.2) is 96.1 Å². The van der Waals surface area contributed by atoms with Crippen LogP contribution in [0.25, 0.3) is 10.1 Å². The van der Waals surface area contributed by atoms with Gasteiger partial charge < -0.3 is 18.9 Å². The number of rotatable bonds is 10. The molecule has 0 saturated carbocycles. The first-order valence-electron chi connectivity index (χ1n) is 12.6. The minimum atomic E-state index is -1.39. The highest BCUT2D eigenvalue weighted by Crippen LogP contribution is 2.37. The number of hydrazone groups is 1. The van der Waals surface area contributed by atoms with Gasteiger partial charge in [-0.2, -0.15) is 5.10 Å². The molecule has 12 heteroatoms. The first kappa shape index (κ1) is 30.2. The van der Waals surface area contributed by atoms with Gasteiger partial charge in [-0.15, -0.1) is 11.3 Å². The molecule has 1 N–H and O–H groups in total. The first-order chi connectivity index (χ1) is 20.8. The maximum absolute atomic E-state index is 13.0. The van der Waals surface area contributed by atoms with Crippen molar-refractivity contribution >= 4 is 74.3 Å². The maximum atomic E-state index is 13.0. The number of fused-ring (bicyclic) bond motifs is 1. The summed E-state index contributed by atoms with van der Waals surface area (Å²) in [4.78, 5) is 26.2. The summed E-state index contributed by atoms with van der Waals surface area (Å²) in [6.45, 7) is 0. The summed E-state index contributed by atoms with van der Waals surface area (Å²) in [7, 11) is 1.44. The number of nitrogens with one attached hydrogen (secondary N) is 1. The fraction of sp³-hybridized carbons (Fsp3) is 0.0645. The number of methoxy groups -OCH3 is 1. The summed E-state index contributed by atoms with van der Waals surface area (Å²) in [6.07, 6.45) is -0.00665. The molecule has 0 radical (unpaired) electrons. The Morgan fingerprint density at radius 3 is 2.07 bits per heavy atom. The number of carbonyl (C=O) groups excluding carboxylic acids is 2. The smallest absolute Gasteiger partial charge is 0.355 e. The van der Waals surface area contributed by atoms with Gasteiger partial charge in [-0.05, 0) is 78.4 Å². The zero-order valence-electron chi connectivity index (χ0n) is 22.3. The third-order valence-corrected chi connectivity index (χ3v) is 7.99. The van der Waals surface area contributed by atoms with Gasteiger partial charge in [-0.1, -0.05) is 53.0 Å². The van der Waals surface area contributed by atoms with E-state index in [4.69, 9.17) is 53.8 Å². The molecule has 0 unspecified atom stereocenters. The van der Waals surface area contributed by atoms with Crippen LogP contribution in [0, 0.1) is 0 Å². The number of hydrogen-bond acceptors (Lipinski definition) is 8. The standard InChI is InChI=1S/C31H21Cl3N2O6S/c1-39-25-16-18(6-15-24(25)42-30(38)28-27(34)23-4-2-3-5-26(23)43-28)17-35-36-29(37)31(40-21-11-7-19(32)8-12-21)41-22-13-9-20(33)10-14-22/h2-17,31H,1H3,(H,36,37). The highest BCUT2D eigenvalue weighted by atomic mass is 35.5. The van der Waals surface area contributed by atoms with Gasteiger partial charge in [0.25, 0.3) is 0 Å². The third-order valence-electron chi connectivity index (χ3n) is 5.83. The number of halogens is 3. The number of thiophene rings is 1. The van der Waals surface area contributed by atoms with Crippen molar-refractivity contribution in [3.8, 4) is 23.0 Å². The zero-order chi connectivity index (χ0) is 30.3. The van der Waals surface area contributed by atoms with E-state index >= 15 is 0 Å². The van der Waals surface area contributed by atoms with Crippen LogP contribution in [0.2, 0.25) is 15.1 Å². The average molecular weight is 656 g/mol. The van der Waals surface area contributed by atoms with E-state index in [2.05, 4.69) is 10.5 Å². The highest BCUT2D eigenvalue weighted by Gasteiger charge is 2.23. The molecule has 4 aromatic carbocycles. The number of carbonyl (C=O) groups is 2. The van der Waals surface area contributed by atoms with Crippen LogP contribution in [-0.2, 0) is 4.79 Å².